The molecule has 2 heterocycles. The molecule has 0 saturated heterocycles. The summed E-state index contributed by atoms with van der Waals surface area (Å²) < 4.78 is 5.79. The Morgan fingerprint density at radius 3 is 2.57 bits per heavy atom. The Morgan fingerprint density at radius 1 is 1.27 bits per heavy atom. The lowest BCUT2D eigenvalue weighted by atomic mass is 10.1. The van der Waals surface area contributed by atoms with Crippen LogP contribution in [-0.4, -0.2) is 27.3 Å². The molecule has 0 aliphatic heterocycles. The van der Waals surface area contributed by atoms with Gasteiger partial charge < -0.3 is 15.5 Å². The fraction of sp³-hybridized carbons (Fsp3) is 0.100. The number of carbonyl (C=O) groups is 1. The van der Waals surface area contributed by atoms with E-state index < -0.39 is 28.4 Å². The van der Waals surface area contributed by atoms with Crippen LogP contribution in [0.3, 0.4) is 0 Å². The first kappa shape index (κ1) is 20.0. The number of benzene rings is 1. The lowest BCUT2D eigenvalue weighted by Crippen LogP contribution is -2.26. The number of nitrogens with two attached hydrogens (primary N) is 1. The van der Waals surface area contributed by atoms with Crippen LogP contribution < -0.4 is 16.9 Å². The molecule has 0 unspecified atom stereocenters. The highest BCUT2D eigenvalue weighted by atomic mass is 16.5. The monoisotopic (exact) mass is 402 g/mol. The minimum Gasteiger partial charge on any atom is -0.462 e. The summed E-state index contributed by atoms with van der Waals surface area (Å²) >= 11 is 0. The van der Waals surface area contributed by atoms with Crippen molar-refractivity contribution in [1.82, 2.24) is 14.8 Å². The summed E-state index contributed by atoms with van der Waals surface area (Å²) in [7, 11) is 0. The van der Waals surface area contributed by atoms with Gasteiger partial charge in [0.15, 0.2) is 5.57 Å². The zero-order valence-corrected chi connectivity index (χ0v) is 15.7. The van der Waals surface area contributed by atoms with Crippen LogP contribution in [0, 0.1) is 22.7 Å². The topological polar surface area (TPSA) is 168 Å². The molecule has 0 amide bonds. The molecular formula is C20H14N6O4. The summed E-state index contributed by atoms with van der Waals surface area (Å²) in [6, 6.07) is 13.0. The highest BCUT2D eigenvalue weighted by Gasteiger charge is 2.20. The molecule has 0 radical (unpaired) electrons. The number of nitrogens with one attached hydrogen (secondary N) is 1. The average molecular weight is 402 g/mol. The predicted octanol–water partition coefficient (Wildman–Crippen LogP) is 0.702. The van der Waals surface area contributed by atoms with Crippen LogP contribution in [-0.2, 0) is 9.53 Å². The SMILES string of the molecule is CCOC(=O)/C(C#N)=C(/N)c1cc2nn(-c3ccccc3)c(=O)c(C#N)c2[nH]c1=O. The third-order valence-corrected chi connectivity index (χ3v) is 4.15. The highest BCUT2D eigenvalue weighted by molar-refractivity contribution is 6.01. The summed E-state index contributed by atoms with van der Waals surface area (Å²) in [5.74, 6) is -0.975. The standard InChI is InChI=1S/C20H14N6O4/c1-2-30-20(29)13(9-21)16(23)12-8-15-17(24-18(12)27)14(10-22)19(28)26(25-15)11-6-4-3-5-7-11/h3-8H,2,23H2,1H3,(H,24,27)/b16-13+. The van der Waals surface area contributed by atoms with Crippen molar-refractivity contribution in [3.8, 4) is 17.8 Å². The first-order valence-electron chi connectivity index (χ1n) is 8.66. The second kappa shape index (κ2) is 8.12. The van der Waals surface area contributed by atoms with Gasteiger partial charge in [-0.15, -0.1) is 0 Å². The number of H-pyrrole nitrogens is 1. The molecule has 3 N–H and O–H groups in total. The lowest BCUT2D eigenvalue weighted by molar-refractivity contribution is -0.137. The maximum absolute atomic E-state index is 12.7. The van der Waals surface area contributed by atoms with E-state index >= 15 is 0 Å². The largest absolute Gasteiger partial charge is 0.462 e. The summed E-state index contributed by atoms with van der Waals surface area (Å²) in [5.41, 5.74) is 3.29. The molecule has 10 heteroatoms. The van der Waals surface area contributed by atoms with E-state index in [2.05, 4.69) is 10.1 Å². The summed E-state index contributed by atoms with van der Waals surface area (Å²) in [5, 5.41) is 22.9. The van der Waals surface area contributed by atoms with Crippen LogP contribution in [0.4, 0.5) is 0 Å². The van der Waals surface area contributed by atoms with Gasteiger partial charge in [-0.05, 0) is 25.1 Å². The van der Waals surface area contributed by atoms with Gasteiger partial charge in [0.05, 0.1) is 29.1 Å². The molecule has 0 aliphatic rings. The second-order valence-corrected chi connectivity index (χ2v) is 5.93. The molecular weight excluding hydrogens is 388 g/mol. The Balaban J connectivity index is 2.35. The molecule has 148 valence electrons. The van der Waals surface area contributed by atoms with Gasteiger partial charge in [0.2, 0.25) is 0 Å². The zero-order chi connectivity index (χ0) is 21.8. The molecule has 1 aromatic carbocycles. The van der Waals surface area contributed by atoms with Crippen LogP contribution in [0.5, 0.6) is 0 Å². The molecule has 3 rings (SSSR count). The van der Waals surface area contributed by atoms with E-state index in [0.29, 0.717) is 5.69 Å². The second-order valence-electron chi connectivity index (χ2n) is 5.93. The van der Waals surface area contributed by atoms with E-state index in [-0.39, 0.29) is 28.8 Å². The van der Waals surface area contributed by atoms with Crippen molar-refractivity contribution in [3.63, 3.8) is 0 Å². The molecule has 30 heavy (non-hydrogen) atoms. The Hall–Kier alpha value is -4.70. The number of nitriles is 2. The van der Waals surface area contributed by atoms with E-state index in [1.807, 2.05) is 0 Å². The van der Waals surface area contributed by atoms with Crippen molar-refractivity contribution in [2.45, 2.75) is 6.92 Å². The number of carbonyl (C=O) groups excluding carboxylic acids is 1. The maximum Gasteiger partial charge on any atom is 0.351 e. The van der Waals surface area contributed by atoms with Crippen LogP contribution >= 0.6 is 0 Å². The third-order valence-electron chi connectivity index (χ3n) is 4.15. The number of rotatable bonds is 4. The van der Waals surface area contributed by atoms with Crippen LogP contribution in [0.15, 0.2) is 51.6 Å². The normalized spacial score (nSPS) is 11.3. The fourth-order valence-electron chi connectivity index (χ4n) is 2.76. The van der Waals surface area contributed by atoms with E-state index in [1.54, 1.807) is 49.4 Å². The van der Waals surface area contributed by atoms with Gasteiger partial charge in [0.1, 0.15) is 23.2 Å². The number of hydrogen-bond acceptors (Lipinski definition) is 8. The Morgan fingerprint density at radius 2 is 1.97 bits per heavy atom. The summed E-state index contributed by atoms with van der Waals surface area (Å²) in [6.07, 6.45) is 0. The first-order valence-corrected chi connectivity index (χ1v) is 8.66. The third kappa shape index (κ3) is 3.41. The molecule has 0 spiro atoms. The van der Waals surface area contributed by atoms with E-state index in [1.165, 1.54) is 6.07 Å². The summed E-state index contributed by atoms with van der Waals surface area (Å²) in [6.45, 7) is 1.57. The van der Waals surface area contributed by atoms with Crippen molar-refractivity contribution in [2.75, 3.05) is 6.61 Å². The van der Waals surface area contributed by atoms with Crippen molar-refractivity contribution in [2.24, 2.45) is 5.73 Å². The molecule has 0 fully saturated rings. The molecule has 0 saturated carbocycles. The number of pyridine rings is 1. The predicted molar refractivity (Wildman–Crippen MR) is 106 cm³/mol. The van der Waals surface area contributed by atoms with Crippen molar-refractivity contribution in [3.05, 3.63) is 73.8 Å². The van der Waals surface area contributed by atoms with Crippen LogP contribution in [0.1, 0.15) is 18.1 Å². The van der Waals surface area contributed by atoms with Crippen molar-refractivity contribution >= 4 is 22.7 Å². The van der Waals surface area contributed by atoms with Crippen molar-refractivity contribution in [1.29, 1.82) is 10.5 Å². The van der Waals surface area contributed by atoms with Gasteiger partial charge in [-0.3, -0.25) is 9.59 Å². The minimum atomic E-state index is -0.975. The zero-order valence-electron chi connectivity index (χ0n) is 15.7. The molecule has 10 nitrogen and oxygen atoms in total. The molecule has 0 bridgehead atoms. The smallest absolute Gasteiger partial charge is 0.351 e. The Labute approximate surface area is 169 Å². The van der Waals surface area contributed by atoms with E-state index in [4.69, 9.17) is 10.5 Å². The minimum absolute atomic E-state index is 0.0157. The van der Waals surface area contributed by atoms with Crippen molar-refractivity contribution < 1.29 is 9.53 Å². The number of para-hydroxylation sites is 1. The van der Waals surface area contributed by atoms with Gasteiger partial charge in [0, 0.05) is 0 Å². The van der Waals surface area contributed by atoms with E-state index in [9.17, 15) is 24.9 Å². The number of nitrogens with zero attached hydrogens (tertiary/aromatic N) is 4. The molecule has 2 aromatic heterocycles. The first-order chi connectivity index (χ1) is 14.4. The van der Waals surface area contributed by atoms with Gasteiger partial charge in [-0.2, -0.15) is 20.3 Å². The number of aromatic amines is 1. The number of fused-ring (bicyclic) bond motifs is 1. The Bertz CT molecular complexity index is 1390. The highest BCUT2D eigenvalue weighted by Crippen LogP contribution is 2.17. The van der Waals surface area contributed by atoms with Crippen LogP contribution in [0.2, 0.25) is 0 Å². The molecule has 0 aliphatic carbocycles. The molecule has 0 atom stereocenters. The van der Waals surface area contributed by atoms with Crippen LogP contribution in [0.25, 0.3) is 22.4 Å². The van der Waals surface area contributed by atoms with Gasteiger partial charge in [0.25, 0.3) is 11.1 Å². The summed E-state index contributed by atoms with van der Waals surface area (Å²) in [4.78, 5) is 39.6. The van der Waals surface area contributed by atoms with Gasteiger partial charge in [-0.1, -0.05) is 18.2 Å². The van der Waals surface area contributed by atoms with E-state index in [0.717, 1.165) is 4.68 Å². The number of aromatic nitrogens is 3. The lowest BCUT2D eigenvalue weighted by Gasteiger charge is -2.09. The quantitative estimate of drug-likeness (QED) is 0.365. The van der Waals surface area contributed by atoms with Gasteiger partial charge >= 0.3 is 5.97 Å². The molecule has 3 aromatic rings. The number of esters is 1. The Kier molecular flexibility index (Phi) is 5.43. The average Bonchev–Trinajstić information content (AvgIpc) is 2.74. The maximum atomic E-state index is 12.7. The fourth-order valence-corrected chi connectivity index (χ4v) is 2.76. The van der Waals surface area contributed by atoms with Gasteiger partial charge in [-0.25, -0.2) is 4.79 Å². The number of hydrogen-bond donors (Lipinski definition) is 2. The number of ether oxygens (including phenoxy) is 1.